The number of para-hydroxylation sites is 1. The van der Waals surface area contributed by atoms with Gasteiger partial charge in [0.1, 0.15) is 11.8 Å². The molecule has 186 valence electrons. The molecule has 0 aromatic heterocycles. The van der Waals surface area contributed by atoms with E-state index in [9.17, 15) is 10.4 Å². The predicted molar refractivity (Wildman–Crippen MR) is 140 cm³/mol. The third-order valence-corrected chi connectivity index (χ3v) is 10.6. The quantitative estimate of drug-likeness (QED) is 0.481. The second-order valence-electron chi connectivity index (χ2n) is 11.8. The summed E-state index contributed by atoms with van der Waals surface area (Å²) in [6.07, 6.45) is 14.7. The lowest BCUT2D eigenvalue weighted by atomic mass is 9.47. The maximum absolute atomic E-state index is 12.1. The molecule has 0 spiro atoms. The third-order valence-electron chi connectivity index (χ3n) is 10.6. The highest BCUT2D eigenvalue weighted by atomic mass is 16.5. The molecule has 0 heterocycles. The Balaban J connectivity index is 1.38. The Morgan fingerprint density at radius 3 is 2.63 bits per heavy atom. The lowest BCUT2D eigenvalue weighted by Crippen LogP contribution is -2.54. The molecule has 0 aliphatic heterocycles. The van der Waals surface area contributed by atoms with Gasteiger partial charge in [0.2, 0.25) is 0 Å². The van der Waals surface area contributed by atoms with E-state index in [2.05, 4.69) is 32.1 Å². The number of allylic oxidation sites excluding steroid dienone is 5. The number of rotatable bonds is 5. The standard InChI is InChI=1S/C31H40N2O2/c1-29-16-13-25(35-4)20-22(29)10-11-26-27(29)14-17-30(2)28(26)15-19-31(30,34)18-12-24(21-32)33(3)23-8-6-5-7-9-23/h5-10,12,20,26-28,34H,11,13-19H2,1-4H3/t26-,27+,28+,29+,30+,31+/m1/s1. The van der Waals surface area contributed by atoms with E-state index >= 15 is 0 Å². The summed E-state index contributed by atoms with van der Waals surface area (Å²) in [5, 5.41) is 22.0. The van der Waals surface area contributed by atoms with Gasteiger partial charge in [0.05, 0.1) is 18.5 Å². The van der Waals surface area contributed by atoms with Crippen LogP contribution in [-0.2, 0) is 4.74 Å². The van der Waals surface area contributed by atoms with Gasteiger partial charge in [-0.2, -0.15) is 5.26 Å². The summed E-state index contributed by atoms with van der Waals surface area (Å²) in [6, 6.07) is 12.3. The van der Waals surface area contributed by atoms with E-state index in [1.807, 2.05) is 48.4 Å². The highest BCUT2D eigenvalue weighted by molar-refractivity contribution is 5.54. The number of methoxy groups -OCH3 is 1. The normalized spacial score (nSPS) is 38.3. The van der Waals surface area contributed by atoms with E-state index in [0.717, 1.165) is 50.0 Å². The zero-order chi connectivity index (χ0) is 24.8. The van der Waals surface area contributed by atoms with Crippen molar-refractivity contribution in [3.63, 3.8) is 0 Å². The minimum Gasteiger partial charge on any atom is -0.501 e. The number of hydrogen-bond donors (Lipinski definition) is 1. The fourth-order valence-electron chi connectivity index (χ4n) is 8.22. The van der Waals surface area contributed by atoms with Crippen LogP contribution in [0.4, 0.5) is 5.69 Å². The molecule has 2 fully saturated rings. The number of nitriles is 1. The van der Waals surface area contributed by atoms with Crippen molar-refractivity contribution in [2.75, 3.05) is 19.1 Å². The Labute approximate surface area is 211 Å². The number of ether oxygens (including phenoxy) is 1. The van der Waals surface area contributed by atoms with Crippen LogP contribution >= 0.6 is 0 Å². The molecule has 6 atom stereocenters. The van der Waals surface area contributed by atoms with Crippen LogP contribution in [-0.4, -0.2) is 24.9 Å². The second-order valence-corrected chi connectivity index (χ2v) is 11.8. The molecule has 0 radical (unpaired) electrons. The average Bonchev–Trinajstić information content (AvgIpc) is 3.15. The van der Waals surface area contributed by atoms with E-state index in [1.54, 1.807) is 7.11 Å². The van der Waals surface area contributed by atoms with Crippen molar-refractivity contribution in [1.82, 2.24) is 0 Å². The van der Waals surface area contributed by atoms with Gasteiger partial charge in [-0.15, -0.1) is 0 Å². The first-order valence-corrected chi connectivity index (χ1v) is 13.3. The van der Waals surface area contributed by atoms with Crippen molar-refractivity contribution in [2.45, 2.75) is 70.8 Å². The zero-order valence-corrected chi connectivity index (χ0v) is 21.8. The average molecular weight is 473 g/mol. The molecule has 0 bridgehead atoms. The summed E-state index contributed by atoms with van der Waals surface area (Å²) < 4.78 is 5.59. The van der Waals surface area contributed by atoms with Crippen LogP contribution in [0.2, 0.25) is 0 Å². The van der Waals surface area contributed by atoms with Crippen molar-refractivity contribution in [3.8, 4) is 6.07 Å². The van der Waals surface area contributed by atoms with E-state index in [1.165, 1.54) is 12.0 Å². The molecule has 4 heteroatoms. The van der Waals surface area contributed by atoms with Gasteiger partial charge in [0.15, 0.2) is 0 Å². The molecule has 0 saturated heterocycles. The van der Waals surface area contributed by atoms with E-state index in [-0.39, 0.29) is 10.8 Å². The van der Waals surface area contributed by atoms with Gasteiger partial charge >= 0.3 is 0 Å². The number of benzene rings is 1. The predicted octanol–water partition coefficient (Wildman–Crippen LogP) is 6.75. The van der Waals surface area contributed by atoms with Gasteiger partial charge in [-0.1, -0.05) is 38.1 Å². The van der Waals surface area contributed by atoms with Crippen LogP contribution in [0, 0.1) is 39.9 Å². The Morgan fingerprint density at radius 2 is 1.91 bits per heavy atom. The van der Waals surface area contributed by atoms with E-state index < -0.39 is 5.60 Å². The van der Waals surface area contributed by atoms with E-state index in [4.69, 9.17) is 4.74 Å². The summed E-state index contributed by atoms with van der Waals surface area (Å²) in [7, 11) is 3.72. The first-order valence-electron chi connectivity index (χ1n) is 13.3. The Hall–Kier alpha value is -2.51. The summed E-state index contributed by atoms with van der Waals surface area (Å²) in [4.78, 5) is 1.92. The highest BCUT2D eigenvalue weighted by Gasteiger charge is 2.63. The summed E-state index contributed by atoms with van der Waals surface area (Å²) in [5.74, 6) is 2.94. The SMILES string of the molecule is COC1=CC2=CC[C@@H]3[C@H](CC[C@@]4(C)[C@H]3CC[C@@]4(O)CC=C(C#N)N(C)c3ccccc3)[C@@]2(C)CC1. The maximum atomic E-state index is 12.1. The van der Waals surface area contributed by atoms with Crippen LogP contribution in [0.3, 0.4) is 0 Å². The summed E-state index contributed by atoms with van der Waals surface area (Å²) in [5.41, 5.74) is 2.41. The number of fused-ring (bicyclic) bond motifs is 5. The number of hydrogen-bond acceptors (Lipinski definition) is 4. The number of anilines is 1. The monoisotopic (exact) mass is 472 g/mol. The first-order chi connectivity index (χ1) is 16.8. The van der Waals surface area contributed by atoms with Gasteiger partial charge < -0.3 is 14.7 Å². The van der Waals surface area contributed by atoms with Gasteiger partial charge in [-0.3, -0.25) is 0 Å². The molecule has 4 aliphatic carbocycles. The zero-order valence-electron chi connectivity index (χ0n) is 21.8. The molecule has 1 aromatic rings. The molecule has 5 rings (SSSR count). The van der Waals surface area contributed by atoms with Crippen LogP contribution in [0.25, 0.3) is 0 Å². The summed E-state index contributed by atoms with van der Waals surface area (Å²) in [6.45, 7) is 4.82. The Morgan fingerprint density at radius 1 is 1.17 bits per heavy atom. The molecule has 4 nitrogen and oxygen atoms in total. The lowest BCUT2D eigenvalue weighted by Gasteiger charge is -2.58. The first kappa shape index (κ1) is 24.2. The fourth-order valence-corrected chi connectivity index (χ4v) is 8.22. The molecular weight excluding hydrogens is 432 g/mol. The smallest absolute Gasteiger partial charge is 0.117 e. The molecule has 1 aromatic carbocycles. The van der Waals surface area contributed by atoms with E-state index in [0.29, 0.717) is 29.9 Å². The second kappa shape index (κ2) is 8.86. The van der Waals surface area contributed by atoms with Crippen molar-refractivity contribution in [1.29, 1.82) is 5.26 Å². The van der Waals surface area contributed by atoms with Crippen molar-refractivity contribution < 1.29 is 9.84 Å². The minimum absolute atomic E-state index is 0.111. The minimum atomic E-state index is -0.761. The molecule has 0 unspecified atom stereocenters. The lowest BCUT2D eigenvalue weighted by molar-refractivity contribution is -0.120. The van der Waals surface area contributed by atoms with Crippen LogP contribution in [0.1, 0.15) is 65.2 Å². The fraction of sp³-hybridized carbons (Fsp3) is 0.581. The largest absolute Gasteiger partial charge is 0.501 e. The van der Waals surface area contributed by atoms with Gasteiger partial charge in [-0.25, -0.2) is 0 Å². The molecule has 1 N–H and O–H groups in total. The number of nitrogens with zero attached hydrogens (tertiary/aromatic N) is 2. The van der Waals surface area contributed by atoms with Gasteiger partial charge in [0, 0.05) is 19.2 Å². The van der Waals surface area contributed by atoms with Gasteiger partial charge in [0.25, 0.3) is 0 Å². The van der Waals surface area contributed by atoms with Crippen molar-refractivity contribution in [3.05, 3.63) is 65.6 Å². The van der Waals surface area contributed by atoms with Crippen molar-refractivity contribution in [2.24, 2.45) is 28.6 Å². The molecule has 0 amide bonds. The van der Waals surface area contributed by atoms with Crippen LogP contribution in [0.5, 0.6) is 0 Å². The Kier molecular flexibility index (Phi) is 6.12. The van der Waals surface area contributed by atoms with Crippen LogP contribution in [0.15, 0.2) is 65.6 Å². The molecule has 2 saturated carbocycles. The molecular formula is C31H40N2O2. The maximum Gasteiger partial charge on any atom is 0.117 e. The third kappa shape index (κ3) is 3.75. The number of aliphatic hydroxyl groups is 1. The molecule has 35 heavy (non-hydrogen) atoms. The van der Waals surface area contributed by atoms with Gasteiger partial charge in [-0.05, 0) is 103 Å². The Bertz CT molecular complexity index is 1100. The topological polar surface area (TPSA) is 56.5 Å². The highest BCUT2D eigenvalue weighted by Crippen LogP contribution is 2.67. The summed E-state index contributed by atoms with van der Waals surface area (Å²) >= 11 is 0. The van der Waals surface area contributed by atoms with Crippen molar-refractivity contribution >= 4 is 5.69 Å². The van der Waals surface area contributed by atoms with Crippen LogP contribution < -0.4 is 4.90 Å². The molecule has 4 aliphatic rings.